The maximum atomic E-state index is 12.7. The number of aromatic hydroxyl groups is 1. The monoisotopic (exact) mass is 425 g/mol. The van der Waals surface area contributed by atoms with E-state index in [0.717, 1.165) is 10.8 Å². The Bertz CT molecular complexity index is 1430. The number of para-hydroxylation sites is 1. The van der Waals surface area contributed by atoms with E-state index in [-0.39, 0.29) is 22.3 Å². The third-order valence-corrected chi connectivity index (χ3v) is 4.82. The molecule has 3 aromatic carbocycles. The van der Waals surface area contributed by atoms with Gasteiger partial charge in [-0.15, -0.1) is 10.2 Å². The predicted molar refractivity (Wildman–Crippen MR) is 122 cm³/mol. The molecule has 7 nitrogen and oxygen atoms in total. The number of azo groups is 1. The van der Waals surface area contributed by atoms with Crippen molar-refractivity contribution in [2.45, 2.75) is 0 Å². The van der Waals surface area contributed by atoms with Crippen LogP contribution in [0.2, 0.25) is 0 Å². The molecule has 0 bridgehead atoms. The molecule has 0 aliphatic heterocycles. The number of rotatable bonds is 4. The van der Waals surface area contributed by atoms with E-state index >= 15 is 0 Å². The van der Waals surface area contributed by atoms with Crippen molar-refractivity contribution < 1.29 is 9.90 Å². The lowest BCUT2D eigenvalue weighted by molar-refractivity contribution is 0.103. The largest absolute Gasteiger partial charge is 0.493 e. The summed E-state index contributed by atoms with van der Waals surface area (Å²) in [6.45, 7) is 0. The number of carbonyl (C=O) groups is 1. The summed E-state index contributed by atoms with van der Waals surface area (Å²) >= 11 is 5.10. The quantitative estimate of drug-likeness (QED) is 0.135. The van der Waals surface area contributed by atoms with Crippen LogP contribution in [0.25, 0.3) is 21.7 Å². The molecule has 0 amide bonds. The first-order valence-electron chi connectivity index (χ1n) is 9.22. The molecule has 4 rings (SSSR count). The summed E-state index contributed by atoms with van der Waals surface area (Å²) in [6, 6.07) is 22.0. The van der Waals surface area contributed by atoms with Crippen molar-refractivity contribution in [1.29, 1.82) is 5.26 Å². The molecule has 0 aliphatic rings. The van der Waals surface area contributed by atoms with E-state index in [9.17, 15) is 15.2 Å². The number of thiocarbonyl (C=S) groups is 1. The Labute approximate surface area is 182 Å². The molecule has 150 valence electrons. The van der Waals surface area contributed by atoms with Crippen molar-refractivity contribution in [3.63, 3.8) is 0 Å². The number of aromatic amines is 1. The fourth-order valence-electron chi connectivity index (χ4n) is 3.11. The molecule has 3 N–H and O–H groups in total. The average Bonchev–Trinajstić information content (AvgIpc) is 3.12. The van der Waals surface area contributed by atoms with Crippen LogP contribution in [0, 0.1) is 11.3 Å². The van der Waals surface area contributed by atoms with Crippen LogP contribution in [0.1, 0.15) is 10.4 Å². The lowest BCUT2D eigenvalue weighted by Gasteiger charge is -2.03. The number of ketones is 1. The molecular formula is C23H15N5O2S. The second kappa shape index (κ2) is 8.57. The summed E-state index contributed by atoms with van der Waals surface area (Å²) in [5, 5.41) is 32.4. The topological polar surface area (TPSA) is 114 Å². The molecule has 0 saturated carbocycles. The SMILES string of the molecule is N#C/C(=C/NC(=S)N=Nc1c(O)[nH]c2ccccc12)C(=O)c1ccc2ccccc2c1. The van der Waals surface area contributed by atoms with Gasteiger partial charge in [0.25, 0.3) is 0 Å². The zero-order valence-electron chi connectivity index (χ0n) is 16.0. The smallest absolute Gasteiger partial charge is 0.218 e. The molecule has 0 radical (unpaired) electrons. The highest BCUT2D eigenvalue weighted by molar-refractivity contribution is 7.80. The Morgan fingerprint density at radius 1 is 1.10 bits per heavy atom. The van der Waals surface area contributed by atoms with E-state index in [1.807, 2.05) is 48.5 Å². The lowest BCUT2D eigenvalue weighted by Crippen LogP contribution is -2.14. The normalized spacial score (nSPS) is 11.6. The molecule has 0 atom stereocenters. The number of nitriles is 1. The summed E-state index contributed by atoms with van der Waals surface area (Å²) in [5.41, 5.74) is 1.23. The van der Waals surface area contributed by atoms with E-state index in [1.54, 1.807) is 24.3 Å². The highest BCUT2D eigenvalue weighted by Gasteiger charge is 2.13. The van der Waals surface area contributed by atoms with Crippen molar-refractivity contribution >= 4 is 50.5 Å². The van der Waals surface area contributed by atoms with Crippen molar-refractivity contribution in [2.75, 3.05) is 0 Å². The Hall–Kier alpha value is -4.35. The Balaban J connectivity index is 1.50. The van der Waals surface area contributed by atoms with E-state index in [1.165, 1.54) is 6.20 Å². The van der Waals surface area contributed by atoms with E-state index < -0.39 is 5.78 Å². The second-order valence-corrected chi connectivity index (χ2v) is 6.96. The number of allylic oxidation sites excluding steroid dienone is 1. The third kappa shape index (κ3) is 4.17. The summed E-state index contributed by atoms with van der Waals surface area (Å²) in [6.07, 6.45) is 1.20. The van der Waals surface area contributed by atoms with Crippen LogP contribution in [0.5, 0.6) is 5.88 Å². The maximum absolute atomic E-state index is 12.7. The highest BCUT2D eigenvalue weighted by atomic mass is 32.1. The number of H-pyrrole nitrogens is 1. The van der Waals surface area contributed by atoms with Crippen LogP contribution in [0.15, 0.2) is 88.7 Å². The molecule has 31 heavy (non-hydrogen) atoms. The zero-order chi connectivity index (χ0) is 21.8. The van der Waals surface area contributed by atoms with Gasteiger partial charge in [-0.2, -0.15) is 5.26 Å². The van der Waals surface area contributed by atoms with Gasteiger partial charge in [0.2, 0.25) is 16.8 Å². The molecule has 1 aromatic heterocycles. The first-order valence-corrected chi connectivity index (χ1v) is 9.63. The van der Waals surface area contributed by atoms with Gasteiger partial charge in [-0.3, -0.25) is 4.79 Å². The summed E-state index contributed by atoms with van der Waals surface area (Å²) < 4.78 is 0. The minimum atomic E-state index is -0.435. The molecule has 0 aliphatic carbocycles. The number of aromatic nitrogens is 1. The van der Waals surface area contributed by atoms with Crippen LogP contribution in [0.4, 0.5) is 5.69 Å². The number of Topliss-reactive ketones (excluding diaryl/α,β-unsaturated/α-hetero) is 1. The molecule has 0 saturated heterocycles. The van der Waals surface area contributed by atoms with Gasteiger partial charge in [-0.25, -0.2) is 0 Å². The van der Waals surface area contributed by atoms with Crippen molar-refractivity contribution in [3.8, 4) is 11.9 Å². The van der Waals surface area contributed by atoms with Gasteiger partial charge in [0.15, 0.2) is 5.69 Å². The van der Waals surface area contributed by atoms with Gasteiger partial charge in [-0.05, 0) is 35.1 Å². The average molecular weight is 425 g/mol. The number of fused-ring (bicyclic) bond motifs is 2. The van der Waals surface area contributed by atoms with E-state index in [2.05, 4.69) is 20.5 Å². The van der Waals surface area contributed by atoms with Gasteiger partial charge >= 0.3 is 0 Å². The third-order valence-electron chi connectivity index (χ3n) is 4.62. The van der Waals surface area contributed by atoms with Crippen molar-refractivity contribution in [3.05, 3.63) is 84.1 Å². The molecule has 0 spiro atoms. The molecule has 0 unspecified atom stereocenters. The number of nitrogens with one attached hydrogen (secondary N) is 2. The van der Waals surface area contributed by atoms with Crippen LogP contribution >= 0.6 is 12.2 Å². The standard InChI is InChI=1S/C23H15N5O2S/c24-12-17(21(29)16-10-9-14-5-1-2-6-15(14)11-16)13-25-23(31)28-27-20-18-7-3-4-8-19(18)26-22(20)30/h1-11,13,26,30H,(H,25,31)/b17-13-,28-27?. The highest BCUT2D eigenvalue weighted by Crippen LogP contribution is 2.35. The first-order chi connectivity index (χ1) is 15.1. The van der Waals surface area contributed by atoms with Crippen LogP contribution in [-0.4, -0.2) is 21.0 Å². The van der Waals surface area contributed by atoms with Crippen LogP contribution in [0.3, 0.4) is 0 Å². The second-order valence-electron chi connectivity index (χ2n) is 6.58. The number of nitrogens with zero attached hydrogens (tertiary/aromatic N) is 3. The predicted octanol–water partition coefficient (Wildman–Crippen LogP) is 5.28. The molecule has 4 aromatic rings. The minimum absolute atomic E-state index is 0.0660. The van der Waals surface area contributed by atoms with Crippen molar-refractivity contribution in [1.82, 2.24) is 10.3 Å². The van der Waals surface area contributed by atoms with Gasteiger partial charge in [0.1, 0.15) is 11.6 Å². The van der Waals surface area contributed by atoms with E-state index in [4.69, 9.17) is 12.2 Å². The fraction of sp³-hybridized carbons (Fsp3) is 0. The van der Waals surface area contributed by atoms with Gasteiger partial charge in [0, 0.05) is 17.1 Å². The van der Waals surface area contributed by atoms with Crippen LogP contribution < -0.4 is 5.32 Å². The molecule has 8 heteroatoms. The zero-order valence-corrected chi connectivity index (χ0v) is 16.9. The molecule has 1 heterocycles. The number of carbonyl (C=O) groups excluding carboxylic acids is 1. The summed E-state index contributed by atoms with van der Waals surface area (Å²) in [7, 11) is 0. The number of hydrogen-bond acceptors (Lipinski definition) is 5. The first kappa shape index (κ1) is 19.9. The molecule has 0 fully saturated rings. The maximum Gasteiger partial charge on any atom is 0.218 e. The van der Waals surface area contributed by atoms with Gasteiger partial charge < -0.3 is 15.4 Å². The Kier molecular flexibility index (Phi) is 5.51. The fourth-order valence-corrected chi connectivity index (χ4v) is 3.21. The van der Waals surface area contributed by atoms with Crippen molar-refractivity contribution in [2.24, 2.45) is 10.2 Å². The summed E-state index contributed by atoms with van der Waals surface area (Å²) in [4.78, 5) is 15.5. The van der Waals surface area contributed by atoms with Gasteiger partial charge in [-0.1, -0.05) is 54.6 Å². The summed E-state index contributed by atoms with van der Waals surface area (Å²) in [5.74, 6) is -0.567. The number of hydrogen-bond donors (Lipinski definition) is 3. The molecular weight excluding hydrogens is 410 g/mol. The van der Waals surface area contributed by atoms with E-state index in [0.29, 0.717) is 16.5 Å². The Morgan fingerprint density at radius 2 is 1.84 bits per heavy atom. The lowest BCUT2D eigenvalue weighted by atomic mass is 10.0. The van der Waals surface area contributed by atoms with Crippen LogP contribution in [-0.2, 0) is 0 Å². The Morgan fingerprint density at radius 3 is 2.65 bits per heavy atom. The van der Waals surface area contributed by atoms with Gasteiger partial charge in [0.05, 0.1) is 5.52 Å². The minimum Gasteiger partial charge on any atom is -0.493 e. The number of benzene rings is 3.